The van der Waals surface area contributed by atoms with E-state index in [-0.39, 0.29) is 43.5 Å². The number of nitrogens with one attached hydrogen (secondary N) is 1. The molecule has 1 aliphatic carbocycles. The molecule has 3 unspecified atom stereocenters. The highest BCUT2D eigenvalue weighted by atomic mass is 16.5. The number of anilines is 1. The van der Waals surface area contributed by atoms with Gasteiger partial charge in [0, 0.05) is 30.4 Å². The zero-order chi connectivity index (χ0) is 29.0. The van der Waals surface area contributed by atoms with Crippen LogP contribution in [-0.4, -0.2) is 59.6 Å². The van der Waals surface area contributed by atoms with Crippen molar-refractivity contribution in [1.82, 2.24) is 9.88 Å². The molecule has 1 N–H and O–H groups in total. The summed E-state index contributed by atoms with van der Waals surface area (Å²) in [5.74, 6) is -0.335. The second-order valence-corrected chi connectivity index (χ2v) is 9.50. The molecule has 3 heterocycles. The van der Waals surface area contributed by atoms with Crippen molar-refractivity contribution in [3.63, 3.8) is 0 Å². The molecule has 2 amide bonds. The van der Waals surface area contributed by atoms with Crippen molar-refractivity contribution >= 4 is 29.8 Å². The van der Waals surface area contributed by atoms with Crippen molar-refractivity contribution in [3.05, 3.63) is 84.7 Å². The average molecular weight is 545 g/mol. The lowest BCUT2D eigenvalue weighted by atomic mass is 9.76. The third kappa shape index (κ3) is 7.11. The second-order valence-electron chi connectivity index (χ2n) is 9.50. The Labute approximate surface area is 237 Å². The molecule has 0 saturated heterocycles. The molecule has 1 aromatic rings. The number of unbranched alkanes of at least 4 members (excludes halogenated alkanes) is 1. The number of allylic oxidation sites excluding steroid dienone is 4. The lowest BCUT2D eigenvalue weighted by molar-refractivity contribution is -0.147. The third-order valence-electron chi connectivity index (χ3n) is 6.96. The summed E-state index contributed by atoms with van der Waals surface area (Å²) in [6.45, 7) is 9.85. The summed E-state index contributed by atoms with van der Waals surface area (Å²) < 4.78 is 5.08. The Kier molecular flexibility index (Phi) is 11.4. The van der Waals surface area contributed by atoms with Crippen LogP contribution >= 0.6 is 0 Å². The Morgan fingerprint density at radius 3 is 2.73 bits per heavy atom. The predicted octanol–water partition coefficient (Wildman–Crippen LogP) is 5.11. The number of pyridine rings is 1. The summed E-state index contributed by atoms with van der Waals surface area (Å²) in [6.07, 6.45) is 21.5. The molecule has 1 spiro atoms. The van der Waals surface area contributed by atoms with E-state index >= 15 is 0 Å². The maximum atomic E-state index is 13.4. The molecule has 4 rings (SSSR count). The first-order valence-corrected chi connectivity index (χ1v) is 14.0. The second kappa shape index (κ2) is 14.9. The topological polar surface area (TPSA) is 101 Å². The van der Waals surface area contributed by atoms with Gasteiger partial charge >= 0.3 is 5.97 Å². The quantitative estimate of drug-likeness (QED) is 0.264. The Morgan fingerprint density at radius 1 is 1.20 bits per heavy atom. The van der Waals surface area contributed by atoms with Crippen LogP contribution in [0.15, 0.2) is 84.1 Å². The molecule has 0 aromatic carbocycles. The van der Waals surface area contributed by atoms with Gasteiger partial charge in [-0.05, 0) is 38.7 Å². The van der Waals surface area contributed by atoms with Gasteiger partial charge in [0.25, 0.3) is 5.91 Å². The van der Waals surface area contributed by atoms with E-state index < -0.39 is 11.4 Å². The van der Waals surface area contributed by atoms with Gasteiger partial charge in [-0.2, -0.15) is 0 Å². The fourth-order valence-corrected chi connectivity index (χ4v) is 4.95. The standard InChI is InChI=1S/C30H34N4O4.C2H6/c1-3-5-6-7-8-18-34(21-26(35)38-4-2)28(36)23-19-22-12-9-15-30(16-10-14-25(22)32-20-23)24-13-11-17-31-27(24)33-29(30)37;1-2/h3,7-14,17,19-20,22,25H,1,4-6,15-16,18,21H2,2H3,(H,31,33,37);1-2H3/b8-7+,12-9+,14-10+;. The van der Waals surface area contributed by atoms with E-state index in [1.54, 1.807) is 19.3 Å². The van der Waals surface area contributed by atoms with Crippen molar-refractivity contribution < 1.29 is 19.1 Å². The van der Waals surface area contributed by atoms with Crippen LogP contribution in [0.3, 0.4) is 0 Å². The number of hydrogen-bond donors (Lipinski definition) is 1. The van der Waals surface area contributed by atoms with Gasteiger partial charge in [0.2, 0.25) is 5.91 Å². The van der Waals surface area contributed by atoms with Gasteiger partial charge in [0.05, 0.1) is 23.6 Å². The van der Waals surface area contributed by atoms with Gasteiger partial charge < -0.3 is 15.0 Å². The first-order valence-electron chi connectivity index (χ1n) is 14.0. The fourth-order valence-electron chi connectivity index (χ4n) is 4.95. The molecule has 40 heavy (non-hydrogen) atoms. The molecule has 0 fully saturated rings. The molecule has 2 aliphatic heterocycles. The number of hydrogen-bond acceptors (Lipinski definition) is 6. The molecule has 8 nitrogen and oxygen atoms in total. The van der Waals surface area contributed by atoms with Gasteiger partial charge in [0.1, 0.15) is 12.4 Å². The maximum absolute atomic E-state index is 13.4. The fraction of sp³-hybridized carbons (Fsp3) is 0.406. The van der Waals surface area contributed by atoms with Gasteiger partial charge in [-0.25, -0.2) is 4.98 Å². The molecular formula is C32H40N4O4. The molecule has 0 radical (unpaired) electrons. The van der Waals surface area contributed by atoms with Crippen LogP contribution in [0.2, 0.25) is 0 Å². The van der Waals surface area contributed by atoms with Crippen molar-refractivity contribution in [3.8, 4) is 0 Å². The summed E-state index contributed by atoms with van der Waals surface area (Å²) in [6, 6.07) is 3.61. The first kappa shape index (κ1) is 30.5. The number of dihydropyridines is 1. The van der Waals surface area contributed by atoms with Gasteiger partial charge in [-0.3, -0.25) is 19.4 Å². The number of aliphatic imine (C=N–C) groups is 1. The number of fused-ring (bicyclic) bond motifs is 3. The van der Waals surface area contributed by atoms with Crippen LogP contribution in [0, 0.1) is 5.92 Å². The van der Waals surface area contributed by atoms with Crippen molar-refractivity contribution in [2.45, 2.75) is 57.9 Å². The normalized spacial score (nSPS) is 24.2. The Hall–Kier alpha value is -4.07. The molecule has 212 valence electrons. The minimum atomic E-state index is -0.718. The minimum Gasteiger partial charge on any atom is -0.465 e. The summed E-state index contributed by atoms with van der Waals surface area (Å²) in [7, 11) is 0. The number of carbonyl (C=O) groups excluding carboxylic acids is 3. The lowest BCUT2D eigenvalue weighted by Gasteiger charge is -2.24. The molecular weight excluding hydrogens is 504 g/mol. The van der Waals surface area contributed by atoms with E-state index in [9.17, 15) is 14.4 Å². The van der Waals surface area contributed by atoms with E-state index in [1.807, 2.05) is 74.6 Å². The molecule has 3 aliphatic rings. The largest absolute Gasteiger partial charge is 0.465 e. The van der Waals surface area contributed by atoms with Crippen LogP contribution in [0.4, 0.5) is 5.82 Å². The highest BCUT2D eigenvalue weighted by Crippen LogP contribution is 2.43. The Balaban J connectivity index is 0.00000216. The summed E-state index contributed by atoms with van der Waals surface area (Å²) >= 11 is 0. The van der Waals surface area contributed by atoms with Crippen LogP contribution in [-0.2, 0) is 24.5 Å². The van der Waals surface area contributed by atoms with E-state index in [4.69, 9.17) is 4.74 Å². The average Bonchev–Trinajstić information content (AvgIpc) is 3.29. The number of ether oxygens (including phenoxy) is 1. The summed E-state index contributed by atoms with van der Waals surface area (Å²) in [5.41, 5.74) is 0.606. The lowest BCUT2D eigenvalue weighted by Crippen LogP contribution is -2.38. The van der Waals surface area contributed by atoms with Crippen LogP contribution < -0.4 is 5.32 Å². The zero-order valence-corrected chi connectivity index (χ0v) is 23.7. The molecule has 0 saturated carbocycles. The highest BCUT2D eigenvalue weighted by molar-refractivity contribution is 6.13. The summed E-state index contributed by atoms with van der Waals surface area (Å²) in [4.78, 5) is 49.1. The number of aromatic nitrogens is 1. The van der Waals surface area contributed by atoms with E-state index in [2.05, 4.69) is 21.9 Å². The van der Waals surface area contributed by atoms with Crippen LogP contribution in [0.1, 0.15) is 52.0 Å². The maximum Gasteiger partial charge on any atom is 0.325 e. The van der Waals surface area contributed by atoms with E-state index in [1.165, 1.54) is 4.90 Å². The predicted molar refractivity (Wildman–Crippen MR) is 159 cm³/mol. The number of rotatable bonds is 9. The van der Waals surface area contributed by atoms with E-state index in [0.717, 1.165) is 18.4 Å². The van der Waals surface area contributed by atoms with Crippen LogP contribution in [0.5, 0.6) is 0 Å². The van der Waals surface area contributed by atoms with E-state index in [0.29, 0.717) is 24.2 Å². The smallest absolute Gasteiger partial charge is 0.325 e. The van der Waals surface area contributed by atoms with Crippen molar-refractivity contribution in [1.29, 1.82) is 0 Å². The third-order valence-corrected chi connectivity index (χ3v) is 6.96. The van der Waals surface area contributed by atoms with Crippen molar-refractivity contribution in [2.75, 3.05) is 25.0 Å². The van der Waals surface area contributed by atoms with Gasteiger partial charge in [0.15, 0.2) is 0 Å². The first-order chi connectivity index (χ1) is 19.5. The summed E-state index contributed by atoms with van der Waals surface area (Å²) in [5, 5.41) is 2.92. The van der Waals surface area contributed by atoms with Crippen molar-refractivity contribution in [2.24, 2.45) is 10.9 Å². The van der Waals surface area contributed by atoms with Gasteiger partial charge in [-0.15, -0.1) is 6.58 Å². The Morgan fingerprint density at radius 2 is 1.98 bits per heavy atom. The Bertz CT molecular complexity index is 1230. The minimum absolute atomic E-state index is 0.0592. The van der Waals surface area contributed by atoms with Gasteiger partial charge in [-0.1, -0.05) is 68.5 Å². The number of carbonyl (C=O) groups is 3. The highest BCUT2D eigenvalue weighted by Gasteiger charge is 2.46. The molecule has 1 aromatic heterocycles. The molecule has 3 atom stereocenters. The number of esters is 1. The zero-order valence-electron chi connectivity index (χ0n) is 23.7. The van der Waals surface area contributed by atoms with Crippen LogP contribution in [0.25, 0.3) is 0 Å². The SMILES string of the molecule is C=CCC/C=C/CN(CC(=O)OCC)C(=O)C1=CC2/C=C/CC3(C/C=C/C2N=C1)C(=O)Nc1ncccc13.CC. The number of nitrogens with zero attached hydrogens (tertiary/aromatic N) is 3. The number of amides is 2. The molecule has 8 heteroatoms. The monoisotopic (exact) mass is 544 g/mol. The molecule has 0 bridgehead atoms.